The number of carbonyl (C=O) groups excluding carboxylic acids is 1. The molecule has 1 aliphatic heterocycles. The fourth-order valence-electron chi connectivity index (χ4n) is 2.97. The van der Waals surface area contributed by atoms with Crippen molar-refractivity contribution in [3.63, 3.8) is 0 Å². The van der Waals surface area contributed by atoms with E-state index in [-0.39, 0.29) is 11.4 Å². The van der Waals surface area contributed by atoms with Crippen molar-refractivity contribution < 1.29 is 4.79 Å². The molecule has 2 N–H and O–H groups in total. The predicted octanol–water partition coefficient (Wildman–Crippen LogP) is 2.22. The van der Waals surface area contributed by atoms with Gasteiger partial charge in [0, 0.05) is 25.0 Å². The molecule has 96 valence electrons. The number of rotatable bonds is 2. The quantitative estimate of drug-likeness (QED) is 0.747. The van der Waals surface area contributed by atoms with E-state index in [1.165, 1.54) is 24.8 Å². The fraction of sp³-hybridized carbons (Fsp3) is 0.786. The number of hydrogen-bond acceptors (Lipinski definition) is 2. The van der Waals surface area contributed by atoms with Crippen molar-refractivity contribution in [2.75, 3.05) is 13.1 Å². The third-order valence-corrected chi connectivity index (χ3v) is 4.04. The molecule has 0 radical (unpaired) electrons. The molecule has 2 aliphatic rings. The molecule has 0 unspecified atom stereocenters. The first-order chi connectivity index (χ1) is 8.09. The van der Waals surface area contributed by atoms with Gasteiger partial charge in [0.05, 0.1) is 0 Å². The van der Waals surface area contributed by atoms with Crippen LogP contribution < -0.4 is 5.73 Å². The van der Waals surface area contributed by atoms with E-state index < -0.39 is 0 Å². The standard InChI is InChI=1S/C14H24N2O/c1-12-6-5-9-16(11-12)13(17)10-14(15)7-3-2-4-8-14/h6H,2-5,7-11,15H2,1H3. The van der Waals surface area contributed by atoms with Crippen molar-refractivity contribution in [2.45, 2.75) is 57.4 Å². The van der Waals surface area contributed by atoms with Gasteiger partial charge >= 0.3 is 0 Å². The lowest BCUT2D eigenvalue weighted by molar-refractivity contribution is -0.132. The highest BCUT2D eigenvalue weighted by atomic mass is 16.2. The van der Waals surface area contributed by atoms with Gasteiger partial charge in [0.25, 0.3) is 0 Å². The summed E-state index contributed by atoms with van der Waals surface area (Å²) < 4.78 is 0. The largest absolute Gasteiger partial charge is 0.338 e. The van der Waals surface area contributed by atoms with Crippen LogP contribution >= 0.6 is 0 Å². The van der Waals surface area contributed by atoms with Gasteiger partial charge in [-0.3, -0.25) is 4.79 Å². The summed E-state index contributed by atoms with van der Waals surface area (Å²) in [7, 11) is 0. The molecule has 1 saturated carbocycles. The van der Waals surface area contributed by atoms with Gasteiger partial charge < -0.3 is 10.6 Å². The van der Waals surface area contributed by atoms with Crippen molar-refractivity contribution in [3.8, 4) is 0 Å². The topological polar surface area (TPSA) is 46.3 Å². The number of nitrogens with zero attached hydrogens (tertiary/aromatic N) is 1. The summed E-state index contributed by atoms with van der Waals surface area (Å²) in [6.07, 6.45) is 9.44. The highest BCUT2D eigenvalue weighted by Crippen LogP contribution is 2.29. The number of carbonyl (C=O) groups is 1. The summed E-state index contributed by atoms with van der Waals surface area (Å²) in [5, 5.41) is 0. The average Bonchev–Trinajstić information content (AvgIpc) is 2.29. The van der Waals surface area contributed by atoms with Crippen molar-refractivity contribution in [1.82, 2.24) is 4.90 Å². The van der Waals surface area contributed by atoms with Gasteiger partial charge in [-0.1, -0.05) is 30.9 Å². The smallest absolute Gasteiger partial charge is 0.224 e. The molecule has 0 bridgehead atoms. The van der Waals surface area contributed by atoms with E-state index in [4.69, 9.17) is 5.73 Å². The first-order valence-corrected chi connectivity index (χ1v) is 6.81. The Hall–Kier alpha value is -0.830. The minimum absolute atomic E-state index is 0.218. The average molecular weight is 236 g/mol. The van der Waals surface area contributed by atoms with Crippen LogP contribution in [0.5, 0.6) is 0 Å². The Morgan fingerprint density at radius 2 is 2.12 bits per heavy atom. The maximum Gasteiger partial charge on any atom is 0.224 e. The van der Waals surface area contributed by atoms with Crippen LogP contribution in [0.3, 0.4) is 0 Å². The normalized spacial score (nSPS) is 24.4. The van der Waals surface area contributed by atoms with Crippen molar-refractivity contribution >= 4 is 5.91 Å². The maximum absolute atomic E-state index is 12.2. The Balaban J connectivity index is 1.90. The first-order valence-electron chi connectivity index (χ1n) is 6.81. The zero-order valence-electron chi connectivity index (χ0n) is 10.9. The van der Waals surface area contributed by atoms with Crippen LogP contribution in [-0.4, -0.2) is 29.4 Å². The molecule has 3 nitrogen and oxygen atoms in total. The molecule has 0 atom stereocenters. The molecule has 1 amide bonds. The summed E-state index contributed by atoms with van der Waals surface area (Å²) in [6, 6.07) is 0. The van der Waals surface area contributed by atoms with Crippen molar-refractivity contribution in [3.05, 3.63) is 11.6 Å². The second-order valence-electron chi connectivity index (χ2n) is 5.75. The van der Waals surface area contributed by atoms with E-state index >= 15 is 0 Å². The van der Waals surface area contributed by atoms with E-state index in [1.807, 2.05) is 4.90 Å². The maximum atomic E-state index is 12.2. The van der Waals surface area contributed by atoms with Gasteiger partial charge in [0.2, 0.25) is 5.91 Å². The molecule has 17 heavy (non-hydrogen) atoms. The third-order valence-electron chi connectivity index (χ3n) is 4.04. The molecular formula is C14H24N2O. The number of hydrogen-bond donors (Lipinski definition) is 1. The van der Waals surface area contributed by atoms with E-state index in [2.05, 4.69) is 13.0 Å². The molecule has 0 aromatic heterocycles. The van der Waals surface area contributed by atoms with Gasteiger partial charge in [-0.25, -0.2) is 0 Å². The van der Waals surface area contributed by atoms with Gasteiger partial charge in [0.1, 0.15) is 0 Å². The van der Waals surface area contributed by atoms with Crippen molar-refractivity contribution in [2.24, 2.45) is 5.73 Å². The Morgan fingerprint density at radius 1 is 1.41 bits per heavy atom. The van der Waals surface area contributed by atoms with Gasteiger partial charge in [-0.2, -0.15) is 0 Å². The Bertz CT molecular complexity index is 316. The number of nitrogens with two attached hydrogens (primary N) is 1. The molecule has 1 aliphatic carbocycles. The van der Waals surface area contributed by atoms with Crippen LogP contribution in [0.15, 0.2) is 11.6 Å². The lowest BCUT2D eigenvalue weighted by Crippen LogP contribution is -2.47. The van der Waals surface area contributed by atoms with Crippen molar-refractivity contribution in [1.29, 1.82) is 0 Å². The summed E-state index contributed by atoms with van der Waals surface area (Å²) in [6.45, 7) is 3.76. The summed E-state index contributed by atoms with van der Waals surface area (Å²) in [5.74, 6) is 0.252. The van der Waals surface area contributed by atoms with Gasteiger partial charge in [0.15, 0.2) is 0 Å². The zero-order chi connectivity index (χ0) is 12.3. The van der Waals surface area contributed by atoms with Crippen LogP contribution in [0.4, 0.5) is 0 Å². The van der Waals surface area contributed by atoms with E-state index in [0.717, 1.165) is 32.4 Å². The van der Waals surface area contributed by atoms with Gasteiger partial charge in [-0.15, -0.1) is 0 Å². The molecule has 0 saturated heterocycles. The summed E-state index contributed by atoms with van der Waals surface area (Å²) >= 11 is 0. The Kier molecular flexibility index (Phi) is 3.87. The summed E-state index contributed by atoms with van der Waals surface area (Å²) in [4.78, 5) is 14.2. The lowest BCUT2D eigenvalue weighted by atomic mass is 9.80. The van der Waals surface area contributed by atoms with Crippen LogP contribution in [0.2, 0.25) is 0 Å². The predicted molar refractivity (Wildman–Crippen MR) is 69.6 cm³/mol. The molecule has 1 heterocycles. The molecule has 2 rings (SSSR count). The number of amides is 1. The molecule has 0 aromatic carbocycles. The van der Waals surface area contributed by atoms with Crippen LogP contribution in [-0.2, 0) is 4.79 Å². The van der Waals surface area contributed by atoms with Gasteiger partial charge in [-0.05, 0) is 26.2 Å². The SMILES string of the molecule is CC1=CCCN(C(=O)CC2(N)CCCCC2)C1. The monoisotopic (exact) mass is 236 g/mol. The highest BCUT2D eigenvalue weighted by molar-refractivity contribution is 5.78. The molecule has 0 aromatic rings. The molecular weight excluding hydrogens is 212 g/mol. The zero-order valence-corrected chi connectivity index (χ0v) is 10.9. The molecule has 3 heteroatoms. The Labute approximate surface area is 104 Å². The minimum atomic E-state index is -0.218. The minimum Gasteiger partial charge on any atom is -0.338 e. The fourth-order valence-corrected chi connectivity index (χ4v) is 2.97. The third kappa shape index (κ3) is 3.32. The second kappa shape index (κ2) is 5.21. The van der Waals surface area contributed by atoms with Crippen LogP contribution in [0, 0.1) is 0 Å². The highest BCUT2D eigenvalue weighted by Gasteiger charge is 2.31. The van der Waals surface area contributed by atoms with Crippen LogP contribution in [0.25, 0.3) is 0 Å². The van der Waals surface area contributed by atoms with Crippen LogP contribution in [0.1, 0.15) is 51.9 Å². The molecule has 0 spiro atoms. The van der Waals surface area contributed by atoms with E-state index in [9.17, 15) is 4.79 Å². The Morgan fingerprint density at radius 3 is 2.76 bits per heavy atom. The lowest BCUT2D eigenvalue weighted by Gasteiger charge is -2.35. The second-order valence-corrected chi connectivity index (χ2v) is 5.75. The van der Waals surface area contributed by atoms with E-state index in [0.29, 0.717) is 6.42 Å². The molecule has 1 fully saturated rings. The first kappa shape index (κ1) is 12.6. The van der Waals surface area contributed by atoms with E-state index in [1.54, 1.807) is 0 Å². The summed E-state index contributed by atoms with van der Waals surface area (Å²) in [5.41, 5.74) is 7.43.